The lowest BCUT2D eigenvalue weighted by atomic mass is 9.49. The number of rotatable bonds is 2. The summed E-state index contributed by atoms with van der Waals surface area (Å²) in [6.07, 6.45) is 9.66. The Bertz CT molecular complexity index is 480. The quantitative estimate of drug-likeness (QED) is 0.786. The van der Waals surface area contributed by atoms with Gasteiger partial charge in [0.2, 0.25) is 0 Å². The number of aliphatic hydroxyl groups is 2. The minimum absolute atomic E-state index is 0.179. The molecule has 4 rings (SSSR count). The van der Waals surface area contributed by atoms with Crippen molar-refractivity contribution in [2.75, 3.05) is 6.67 Å². The van der Waals surface area contributed by atoms with Gasteiger partial charge in [-0.2, -0.15) is 0 Å². The standard InChI is InChI=1S/C21H35FO2/c1-13(23)18-5-6-19-17-4-3-14-11-21(24,12-22)10-8-15(14)16(17)7-9-20(18,19)2/h13-19,23-24H,3-12H2,1-2H3/t13?,14-,15+,16-,17-,18-,19+,20-,21-/m1/s1. The first-order valence-electron chi connectivity index (χ1n) is 10.3. The van der Waals surface area contributed by atoms with E-state index in [1.54, 1.807) is 0 Å². The molecule has 24 heavy (non-hydrogen) atoms. The smallest absolute Gasteiger partial charge is 0.118 e. The third-order valence-electron chi connectivity index (χ3n) is 9.01. The summed E-state index contributed by atoms with van der Waals surface area (Å²) in [5.41, 5.74) is -0.696. The molecule has 2 N–H and O–H groups in total. The van der Waals surface area contributed by atoms with Gasteiger partial charge in [-0.25, -0.2) is 4.39 Å². The number of hydrogen-bond acceptors (Lipinski definition) is 2. The molecular weight excluding hydrogens is 303 g/mol. The van der Waals surface area contributed by atoms with Gasteiger partial charge in [-0.05, 0) is 106 Å². The third-order valence-corrected chi connectivity index (χ3v) is 9.01. The molecule has 0 heterocycles. The maximum atomic E-state index is 13.2. The predicted octanol–water partition coefficient (Wildman–Crippen LogP) is 4.34. The van der Waals surface area contributed by atoms with Crippen molar-refractivity contribution in [3.8, 4) is 0 Å². The van der Waals surface area contributed by atoms with Gasteiger partial charge in [0, 0.05) is 0 Å². The van der Waals surface area contributed by atoms with Gasteiger partial charge in [-0.3, -0.25) is 0 Å². The molecule has 9 atom stereocenters. The second-order valence-electron chi connectivity index (χ2n) is 10.0. The lowest BCUT2D eigenvalue weighted by Gasteiger charge is -2.57. The van der Waals surface area contributed by atoms with E-state index in [1.165, 1.54) is 38.5 Å². The normalized spacial score (nSPS) is 55.4. The van der Waals surface area contributed by atoms with Gasteiger partial charge in [0.05, 0.1) is 11.7 Å². The molecule has 4 fully saturated rings. The average molecular weight is 339 g/mol. The van der Waals surface area contributed by atoms with Gasteiger partial charge in [0.1, 0.15) is 6.67 Å². The average Bonchev–Trinajstić information content (AvgIpc) is 2.91. The van der Waals surface area contributed by atoms with E-state index in [1.807, 2.05) is 6.92 Å². The van der Waals surface area contributed by atoms with E-state index in [9.17, 15) is 14.6 Å². The summed E-state index contributed by atoms with van der Waals surface area (Å²) in [6.45, 7) is 3.87. The lowest BCUT2D eigenvalue weighted by Crippen LogP contribution is -2.52. The number of aliphatic hydroxyl groups excluding tert-OH is 1. The van der Waals surface area contributed by atoms with Crippen LogP contribution in [0.1, 0.15) is 71.6 Å². The second kappa shape index (κ2) is 5.94. The Labute approximate surface area is 146 Å². The van der Waals surface area contributed by atoms with Crippen molar-refractivity contribution in [2.24, 2.45) is 40.9 Å². The molecule has 3 heteroatoms. The van der Waals surface area contributed by atoms with E-state index < -0.39 is 12.3 Å². The lowest BCUT2D eigenvalue weighted by molar-refractivity contribution is -0.116. The zero-order valence-corrected chi connectivity index (χ0v) is 15.4. The van der Waals surface area contributed by atoms with Crippen molar-refractivity contribution < 1.29 is 14.6 Å². The highest BCUT2D eigenvalue weighted by atomic mass is 19.1. The van der Waals surface area contributed by atoms with Gasteiger partial charge < -0.3 is 10.2 Å². The van der Waals surface area contributed by atoms with E-state index in [4.69, 9.17) is 0 Å². The van der Waals surface area contributed by atoms with E-state index in [0.29, 0.717) is 36.0 Å². The summed E-state index contributed by atoms with van der Waals surface area (Å²) in [6, 6.07) is 0. The van der Waals surface area contributed by atoms with Crippen LogP contribution in [-0.4, -0.2) is 28.6 Å². The van der Waals surface area contributed by atoms with Gasteiger partial charge in [-0.15, -0.1) is 0 Å². The summed E-state index contributed by atoms with van der Waals surface area (Å²) in [7, 11) is 0. The predicted molar refractivity (Wildman–Crippen MR) is 93.2 cm³/mol. The van der Waals surface area contributed by atoms with Crippen molar-refractivity contribution in [3.05, 3.63) is 0 Å². The van der Waals surface area contributed by atoms with Crippen molar-refractivity contribution in [2.45, 2.75) is 83.3 Å². The second-order valence-corrected chi connectivity index (χ2v) is 10.0. The minimum Gasteiger partial charge on any atom is -0.393 e. The molecule has 138 valence electrons. The minimum atomic E-state index is -1.03. The molecule has 4 aliphatic carbocycles. The first-order chi connectivity index (χ1) is 11.4. The molecule has 0 bridgehead atoms. The third kappa shape index (κ3) is 2.48. The van der Waals surface area contributed by atoms with Crippen LogP contribution in [0, 0.1) is 40.9 Å². The molecule has 0 aromatic rings. The van der Waals surface area contributed by atoms with Crippen LogP contribution in [-0.2, 0) is 0 Å². The summed E-state index contributed by atoms with van der Waals surface area (Å²) in [5, 5.41) is 20.7. The Morgan fingerprint density at radius 1 is 1.00 bits per heavy atom. The summed E-state index contributed by atoms with van der Waals surface area (Å²) in [4.78, 5) is 0. The van der Waals surface area contributed by atoms with Gasteiger partial charge in [0.25, 0.3) is 0 Å². The van der Waals surface area contributed by atoms with Gasteiger partial charge >= 0.3 is 0 Å². The van der Waals surface area contributed by atoms with Gasteiger partial charge in [-0.1, -0.05) is 6.92 Å². The maximum Gasteiger partial charge on any atom is 0.118 e. The molecule has 2 nitrogen and oxygen atoms in total. The highest BCUT2D eigenvalue weighted by molar-refractivity contribution is 5.07. The topological polar surface area (TPSA) is 40.5 Å². The molecule has 4 saturated carbocycles. The molecular formula is C21H35FO2. The Morgan fingerprint density at radius 2 is 1.75 bits per heavy atom. The fraction of sp³-hybridized carbons (Fsp3) is 1.00. The highest BCUT2D eigenvalue weighted by Crippen LogP contribution is 2.65. The number of hydrogen-bond donors (Lipinski definition) is 2. The molecule has 0 aliphatic heterocycles. The largest absolute Gasteiger partial charge is 0.393 e. The monoisotopic (exact) mass is 338 g/mol. The van der Waals surface area contributed by atoms with Crippen LogP contribution in [0.4, 0.5) is 4.39 Å². The van der Waals surface area contributed by atoms with Crippen LogP contribution in [0.15, 0.2) is 0 Å². The summed E-state index contributed by atoms with van der Waals surface area (Å²) < 4.78 is 13.2. The molecule has 0 aromatic heterocycles. The van der Waals surface area contributed by atoms with Crippen molar-refractivity contribution >= 4 is 0 Å². The van der Waals surface area contributed by atoms with Crippen molar-refractivity contribution in [1.82, 2.24) is 0 Å². The molecule has 0 saturated heterocycles. The van der Waals surface area contributed by atoms with Crippen molar-refractivity contribution in [1.29, 1.82) is 0 Å². The molecule has 0 amide bonds. The summed E-state index contributed by atoms with van der Waals surface area (Å²) >= 11 is 0. The zero-order chi connectivity index (χ0) is 17.1. The van der Waals surface area contributed by atoms with Gasteiger partial charge in [0.15, 0.2) is 0 Å². The maximum absolute atomic E-state index is 13.2. The van der Waals surface area contributed by atoms with E-state index in [0.717, 1.165) is 24.2 Å². The zero-order valence-electron chi connectivity index (χ0n) is 15.4. The number of fused-ring (bicyclic) bond motifs is 5. The Hall–Kier alpha value is -0.150. The first kappa shape index (κ1) is 17.3. The van der Waals surface area contributed by atoms with Crippen LogP contribution in [0.2, 0.25) is 0 Å². The highest BCUT2D eigenvalue weighted by Gasteiger charge is 2.58. The fourth-order valence-electron chi connectivity index (χ4n) is 7.92. The Kier molecular flexibility index (Phi) is 4.28. The SMILES string of the molecule is CC(O)[C@H]1CC[C@H]2[C@@H]3CC[C@@H]4C[C@@](O)(CF)CC[C@@H]4[C@H]3CC[C@]12C. The van der Waals surface area contributed by atoms with Crippen LogP contribution < -0.4 is 0 Å². The number of halogens is 1. The van der Waals surface area contributed by atoms with E-state index in [2.05, 4.69) is 6.92 Å². The molecule has 0 aromatic carbocycles. The molecule has 4 aliphatic rings. The Balaban J connectivity index is 1.53. The molecule has 0 radical (unpaired) electrons. The van der Waals surface area contributed by atoms with Crippen molar-refractivity contribution in [3.63, 3.8) is 0 Å². The van der Waals surface area contributed by atoms with E-state index >= 15 is 0 Å². The first-order valence-corrected chi connectivity index (χ1v) is 10.3. The van der Waals surface area contributed by atoms with Crippen LogP contribution in [0.3, 0.4) is 0 Å². The molecule has 0 spiro atoms. The number of alkyl halides is 1. The van der Waals surface area contributed by atoms with E-state index in [-0.39, 0.29) is 6.10 Å². The summed E-state index contributed by atoms with van der Waals surface area (Å²) in [5.74, 6) is 4.11. The van der Waals surface area contributed by atoms with Crippen LogP contribution >= 0.6 is 0 Å². The fourth-order valence-corrected chi connectivity index (χ4v) is 7.92. The van der Waals surface area contributed by atoms with Crippen LogP contribution in [0.25, 0.3) is 0 Å². The Morgan fingerprint density at radius 3 is 2.46 bits per heavy atom. The van der Waals surface area contributed by atoms with Crippen LogP contribution in [0.5, 0.6) is 0 Å². The molecule has 1 unspecified atom stereocenters.